The minimum atomic E-state index is -0.426. The van der Waals surface area contributed by atoms with Crippen LogP contribution in [0.15, 0.2) is 18.2 Å². The van der Waals surface area contributed by atoms with Crippen molar-refractivity contribution in [3.05, 3.63) is 23.8 Å². The third-order valence-electron chi connectivity index (χ3n) is 4.22. The van der Waals surface area contributed by atoms with E-state index in [-0.39, 0.29) is 0 Å². The van der Waals surface area contributed by atoms with Gasteiger partial charge >= 0.3 is 0 Å². The molecule has 1 amide bonds. The van der Waals surface area contributed by atoms with Gasteiger partial charge in [-0.3, -0.25) is 4.79 Å². The molecule has 1 aromatic carbocycles. The number of amides is 1. The molecular weight excluding hydrogens is 252 g/mol. The van der Waals surface area contributed by atoms with Crippen molar-refractivity contribution in [2.75, 3.05) is 37.3 Å². The number of carbonyl (C=O) groups is 1. The lowest BCUT2D eigenvalue weighted by molar-refractivity contribution is 0.100. The second-order valence-corrected chi connectivity index (χ2v) is 5.42. The number of primary amides is 1. The molecule has 1 heterocycles. The summed E-state index contributed by atoms with van der Waals surface area (Å²) >= 11 is 0. The number of carbonyl (C=O) groups excluding carboxylic acids is 1. The average Bonchev–Trinajstić information content (AvgIpc) is 2.46. The van der Waals surface area contributed by atoms with Crippen LogP contribution in [0.1, 0.15) is 30.1 Å². The Morgan fingerprint density at radius 2 is 2.05 bits per heavy atom. The van der Waals surface area contributed by atoms with Crippen LogP contribution in [0.2, 0.25) is 0 Å². The lowest BCUT2D eigenvalue weighted by atomic mass is 10.0. The van der Waals surface area contributed by atoms with E-state index < -0.39 is 5.91 Å². The predicted molar refractivity (Wildman–Crippen MR) is 82.9 cm³/mol. The first-order valence-corrected chi connectivity index (χ1v) is 7.17. The van der Waals surface area contributed by atoms with E-state index in [0.29, 0.717) is 17.3 Å². The highest BCUT2D eigenvalue weighted by molar-refractivity contribution is 5.99. The normalized spacial score (nSPS) is 17.1. The topological polar surface area (TPSA) is 75.6 Å². The van der Waals surface area contributed by atoms with Crippen molar-refractivity contribution in [3.63, 3.8) is 0 Å². The third kappa shape index (κ3) is 3.04. The van der Waals surface area contributed by atoms with Crippen LogP contribution in [0.5, 0.6) is 0 Å². The molecule has 0 saturated carbocycles. The second-order valence-electron chi connectivity index (χ2n) is 5.42. The Morgan fingerprint density at radius 1 is 1.40 bits per heavy atom. The average molecular weight is 276 g/mol. The molecule has 110 valence electrons. The van der Waals surface area contributed by atoms with Gasteiger partial charge in [0.2, 0.25) is 0 Å². The fourth-order valence-electron chi connectivity index (χ4n) is 2.88. The Morgan fingerprint density at radius 3 is 2.60 bits per heavy atom. The second kappa shape index (κ2) is 6.13. The molecule has 0 atom stereocenters. The molecular formula is C15H24N4O. The van der Waals surface area contributed by atoms with Gasteiger partial charge in [-0.25, -0.2) is 0 Å². The maximum Gasteiger partial charge on any atom is 0.250 e. The van der Waals surface area contributed by atoms with Crippen LogP contribution in [0, 0.1) is 0 Å². The molecule has 0 aliphatic carbocycles. The van der Waals surface area contributed by atoms with Gasteiger partial charge in [0.25, 0.3) is 5.91 Å². The largest absolute Gasteiger partial charge is 0.399 e. The Labute approximate surface area is 120 Å². The van der Waals surface area contributed by atoms with E-state index in [9.17, 15) is 4.79 Å². The van der Waals surface area contributed by atoms with Gasteiger partial charge in [0.15, 0.2) is 0 Å². The molecule has 5 nitrogen and oxygen atoms in total. The van der Waals surface area contributed by atoms with Gasteiger partial charge in [0.1, 0.15) is 0 Å². The Kier molecular flexibility index (Phi) is 4.49. The smallest absolute Gasteiger partial charge is 0.250 e. The number of benzene rings is 1. The molecule has 0 radical (unpaired) electrons. The van der Waals surface area contributed by atoms with Gasteiger partial charge in [-0.1, -0.05) is 6.92 Å². The van der Waals surface area contributed by atoms with Crippen molar-refractivity contribution >= 4 is 17.3 Å². The van der Waals surface area contributed by atoms with Crippen molar-refractivity contribution < 1.29 is 4.79 Å². The summed E-state index contributed by atoms with van der Waals surface area (Å²) in [6.45, 7) is 5.50. The van der Waals surface area contributed by atoms with E-state index in [1.165, 1.54) is 0 Å². The van der Waals surface area contributed by atoms with Gasteiger partial charge < -0.3 is 21.3 Å². The van der Waals surface area contributed by atoms with Crippen LogP contribution in [-0.4, -0.2) is 43.5 Å². The number of nitrogens with zero attached hydrogens (tertiary/aromatic N) is 2. The molecule has 0 unspecified atom stereocenters. The summed E-state index contributed by atoms with van der Waals surface area (Å²) < 4.78 is 0. The van der Waals surface area contributed by atoms with Crippen LogP contribution in [0.3, 0.4) is 0 Å². The number of hydrogen-bond acceptors (Lipinski definition) is 4. The molecule has 1 saturated heterocycles. The summed E-state index contributed by atoms with van der Waals surface area (Å²) in [4.78, 5) is 16.2. The summed E-state index contributed by atoms with van der Waals surface area (Å²) in [5, 5.41) is 0. The van der Waals surface area contributed by atoms with Crippen LogP contribution < -0.4 is 16.4 Å². The van der Waals surface area contributed by atoms with Crippen molar-refractivity contribution in [1.82, 2.24) is 4.90 Å². The summed E-state index contributed by atoms with van der Waals surface area (Å²) in [6.07, 6.45) is 2.21. The van der Waals surface area contributed by atoms with Crippen LogP contribution in [0.25, 0.3) is 0 Å². The summed E-state index contributed by atoms with van der Waals surface area (Å²) in [5.41, 5.74) is 13.2. The molecule has 0 bridgehead atoms. The Hall–Kier alpha value is -1.75. The quantitative estimate of drug-likeness (QED) is 0.813. The molecule has 5 heteroatoms. The maximum atomic E-state index is 11.6. The van der Waals surface area contributed by atoms with Crippen LogP contribution in [0.4, 0.5) is 11.4 Å². The maximum absolute atomic E-state index is 11.6. The lowest BCUT2D eigenvalue weighted by Gasteiger charge is -2.38. The molecule has 4 N–H and O–H groups in total. The monoisotopic (exact) mass is 276 g/mol. The van der Waals surface area contributed by atoms with Crippen LogP contribution >= 0.6 is 0 Å². The molecule has 1 aliphatic rings. The zero-order valence-electron chi connectivity index (χ0n) is 12.3. The summed E-state index contributed by atoms with van der Waals surface area (Å²) in [5.74, 6) is -0.426. The minimum absolute atomic E-state index is 0.426. The Balaban J connectivity index is 2.17. The summed E-state index contributed by atoms with van der Waals surface area (Å²) in [6, 6.07) is 5.82. The highest BCUT2D eigenvalue weighted by atomic mass is 16.1. The lowest BCUT2D eigenvalue weighted by Crippen LogP contribution is -2.43. The zero-order valence-corrected chi connectivity index (χ0v) is 12.3. The summed E-state index contributed by atoms with van der Waals surface area (Å²) in [7, 11) is 2.03. The minimum Gasteiger partial charge on any atom is -0.399 e. The number of nitrogen functional groups attached to an aromatic ring is 1. The first kappa shape index (κ1) is 14.7. The van der Waals surface area contributed by atoms with Crippen molar-refractivity contribution in [1.29, 1.82) is 0 Å². The van der Waals surface area contributed by atoms with E-state index in [2.05, 4.69) is 16.7 Å². The van der Waals surface area contributed by atoms with E-state index in [1.807, 2.05) is 19.2 Å². The fraction of sp³-hybridized carbons (Fsp3) is 0.533. The molecule has 2 rings (SSSR count). The highest BCUT2D eigenvalue weighted by Crippen LogP contribution is 2.27. The predicted octanol–water partition coefficient (Wildman–Crippen LogP) is 1.29. The van der Waals surface area contributed by atoms with E-state index in [1.54, 1.807) is 6.07 Å². The molecule has 0 aromatic heterocycles. The molecule has 1 fully saturated rings. The van der Waals surface area contributed by atoms with Gasteiger partial charge in [0.05, 0.1) is 5.56 Å². The Bertz CT molecular complexity index is 481. The first-order chi connectivity index (χ1) is 9.52. The van der Waals surface area contributed by atoms with Gasteiger partial charge in [0, 0.05) is 37.6 Å². The van der Waals surface area contributed by atoms with Gasteiger partial charge in [-0.05, 0) is 37.6 Å². The molecule has 1 aromatic rings. The third-order valence-corrected chi connectivity index (χ3v) is 4.22. The zero-order chi connectivity index (χ0) is 14.7. The SMILES string of the molecule is CCN1CCC(N(C)c2ccc(N)cc2C(N)=O)CC1. The van der Waals surface area contributed by atoms with Crippen LogP contribution in [-0.2, 0) is 0 Å². The molecule has 0 spiro atoms. The number of likely N-dealkylation sites (tertiary alicyclic amines) is 1. The number of nitrogens with two attached hydrogens (primary N) is 2. The van der Waals surface area contributed by atoms with E-state index >= 15 is 0 Å². The number of piperidine rings is 1. The number of anilines is 2. The molecule has 1 aliphatic heterocycles. The van der Waals surface area contributed by atoms with Crippen molar-refractivity contribution in [3.8, 4) is 0 Å². The molecule has 20 heavy (non-hydrogen) atoms. The number of rotatable bonds is 4. The van der Waals surface area contributed by atoms with Crippen molar-refractivity contribution in [2.24, 2.45) is 5.73 Å². The standard InChI is InChI=1S/C15H24N4O/c1-3-19-8-6-12(7-9-19)18(2)14-5-4-11(16)10-13(14)15(17)20/h4-5,10,12H,3,6-9,16H2,1-2H3,(H2,17,20). The fourth-order valence-corrected chi connectivity index (χ4v) is 2.88. The van der Waals surface area contributed by atoms with Crippen molar-refractivity contribution in [2.45, 2.75) is 25.8 Å². The van der Waals surface area contributed by atoms with Gasteiger partial charge in [-0.2, -0.15) is 0 Å². The van der Waals surface area contributed by atoms with E-state index in [4.69, 9.17) is 11.5 Å². The van der Waals surface area contributed by atoms with E-state index in [0.717, 1.165) is 38.2 Å². The number of hydrogen-bond donors (Lipinski definition) is 2. The highest BCUT2D eigenvalue weighted by Gasteiger charge is 2.24. The van der Waals surface area contributed by atoms with Gasteiger partial charge in [-0.15, -0.1) is 0 Å². The first-order valence-electron chi connectivity index (χ1n) is 7.17.